The third kappa shape index (κ3) is 4.83. The molecule has 0 atom stereocenters. The fourth-order valence-electron chi connectivity index (χ4n) is 2.12. The number of hydrogen-bond donors (Lipinski definition) is 2. The lowest BCUT2D eigenvalue weighted by molar-refractivity contribution is 0.409. The van der Waals surface area contributed by atoms with Crippen LogP contribution in [-0.4, -0.2) is 20.1 Å². The molecule has 128 valence electrons. The third-order valence-corrected chi connectivity index (χ3v) is 3.61. The molecule has 0 fully saturated rings. The first-order chi connectivity index (χ1) is 11.5. The summed E-state index contributed by atoms with van der Waals surface area (Å²) >= 11 is 5.93. The molecule has 0 unspecified atom stereocenters. The lowest BCUT2D eigenvalue weighted by atomic mass is 10.2. The van der Waals surface area contributed by atoms with Crippen LogP contribution in [0.15, 0.2) is 41.4 Å². The van der Waals surface area contributed by atoms with E-state index in [1.807, 2.05) is 6.07 Å². The van der Waals surface area contributed by atoms with Gasteiger partial charge in [-0.1, -0.05) is 17.7 Å². The Bertz CT molecular complexity index is 738. The summed E-state index contributed by atoms with van der Waals surface area (Å²) in [6.45, 7) is 0.548. The minimum absolute atomic E-state index is 0.112. The third-order valence-electron chi connectivity index (χ3n) is 3.37. The van der Waals surface area contributed by atoms with Crippen LogP contribution in [0.1, 0.15) is 11.1 Å². The molecule has 0 aliphatic carbocycles. The number of hydrogen-bond acceptors (Lipinski definition) is 2. The van der Waals surface area contributed by atoms with Crippen LogP contribution in [0.25, 0.3) is 0 Å². The van der Waals surface area contributed by atoms with Crippen molar-refractivity contribution in [2.75, 3.05) is 14.2 Å². The smallest absolute Gasteiger partial charge is 0.191 e. The van der Waals surface area contributed by atoms with Gasteiger partial charge in [0.2, 0.25) is 0 Å². The van der Waals surface area contributed by atoms with Crippen molar-refractivity contribution in [3.8, 4) is 5.75 Å². The Morgan fingerprint density at radius 1 is 1.08 bits per heavy atom. The summed E-state index contributed by atoms with van der Waals surface area (Å²) < 4.78 is 32.1. The molecule has 0 heterocycles. The molecule has 0 aromatic heterocycles. The lowest BCUT2D eigenvalue weighted by Crippen LogP contribution is -2.36. The second-order valence-electron chi connectivity index (χ2n) is 4.97. The van der Waals surface area contributed by atoms with Crippen molar-refractivity contribution in [1.29, 1.82) is 0 Å². The first-order valence-corrected chi connectivity index (χ1v) is 7.62. The molecule has 0 saturated heterocycles. The molecule has 2 rings (SSSR count). The highest BCUT2D eigenvalue weighted by atomic mass is 35.5. The molecule has 0 saturated carbocycles. The lowest BCUT2D eigenvalue weighted by Gasteiger charge is -2.14. The van der Waals surface area contributed by atoms with Gasteiger partial charge in [-0.05, 0) is 30.3 Å². The van der Waals surface area contributed by atoms with E-state index in [1.165, 1.54) is 0 Å². The van der Waals surface area contributed by atoms with E-state index in [1.54, 1.807) is 26.3 Å². The van der Waals surface area contributed by atoms with Gasteiger partial charge < -0.3 is 15.4 Å². The second kappa shape index (κ2) is 8.49. The summed E-state index contributed by atoms with van der Waals surface area (Å²) in [6, 6.07) is 8.65. The number of halogens is 3. The second-order valence-corrected chi connectivity index (χ2v) is 5.41. The fourth-order valence-corrected chi connectivity index (χ4v) is 2.28. The van der Waals surface area contributed by atoms with Gasteiger partial charge >= 0.3 is 0 Å². The van der Waals surface area contributed by atoms with Crippen molar-refractivity contribution in [1.82, 2.24) is 10.6 Å². The van der Waals surface area contributed by atoms with E-state index in [0.29, 0.717) is 23.3 Å². The molecule has 24 heavy (non-hydrogen) atoms. The number of nitrogens with one attached hydrogen (secondary N) is 2. The van der Waals surface area contributed by atoms with E-state index in [9.17, 15) is 8.78 Å². The van der Waals surface area contributed by atoms with Crippen molar-refractivity contribution in [3.05, 3.63) is 64.2 Å². The Morgan fingerprint density at radius 2 is 1.79 bits per heavy atom. The maximum absolute atomic E-state index is 13.6. The summed E-state index contributed by atoms with van der Waals surface area (Å²) in [5.41, 5.74) is 1.11. The number of guanidine groups is 1. The summed E-state index contributed by atoms with van der Waals surface area (Å²) in [5, 5.41) is 6.61. The maximum atomic E-state index is 13.6. The highest BCUT2D eigenvalue weighted by molar-refractivity contribution is 6.30. The van der Waals surface area contributed by atoms with Gasteiger partial charge in [0.25, 0.3) is 0 Å². The summed E-state index contributed by atoms with van der Waals surface area (Å²) in [5.74, 6) is 0.151. The fraction of sp³-hybridized carbons (Fsp3) is 0.235. The van der Waals surface area contributed by atoms with E-state index in [0.717, 1.165) is 23.8 Å². The normalized spacial score (nSPS) is 11.3. The number of nitrogens with zero attached hydrogens (tertiary/aromatic N) is 1. The predicted octanol–water partition coefficient (Wildman–Crippen LogP) is 3.49. The molecule has 0 aliphatic rings. The highest BCUT2D eigenvalue weighted by Gasteiger charge is 2.07. The monoisotopic (exact) mass is 353 g/mol. The minimum atomic E-state index is -0.484. The molecule has 2 N–H and O–H groups in total. The average molecular weight is 354 g/mol. The van der Waals surface area contributed by atoms with E-state index in [2.05, 4.69) is 15.6 Å². The summed E-state index contributed by atoms with van der Waals surface area (Å²) in [6.07, 6.45) is 0. The van der Waals surface area contributed by atoms with E-state index in [-0.39, 0.29) is 12.1 Å². The molecule has 2 aromatic rings. The Labute approximate surface area is 144 Å². The zero-order chi connectivity index (χ0) is 17.5. The molecule has 4 nitrogen and oxygen atoms in total. The Hall–Kier alpha value is -2.34. The Kier molecular flexibility index (Phi) is 6.37. The van der Waals surface area contributed by atoms with Crippen molar-refractivity contribution >= 4 is 17.6 Å². The molecule has 7 heteroatoms. The van der Waals surface area contributed by atoms with Crippen LogP contribution in [0, 0.1) is 11.6 Å². The molecule has 0 spiro atoms. The van der Waals surface area contributed by atoms with E-state index < -0.39 is 11.6 Å². The van der Waals surface area contributed by atoms with E-state index in [4.69, 9.17) is 16.3 Å². The standard InChI is InChI=1S/C17H18ClF2N3O/c1-21-17(23-10-12-7-14(19)5-6-15(12)20)22-9-11-3-4-13(18)8-16(11)24-2/h3-8H,9-10H2,1-2H3,(H2,21,22,23). The number of methoxy groups -OCH3 is 1. The minimum Gasteiger partial charge on any atom is -0.496 e. The summed E-state index contributed by atoms with van der Waals surface area (Å²) in [7, 11) is 3.16. The molecular formula is C17H18ClF2N3O. The number of aliphatic imine (C=N–C) groups is 1. The molecule has 0 radical (unpaired) electrons. The van der Waals surface area contributed by atoms with Gasteiger partial charge in [-0.15, -0.1) is 0 Å². The Morgan fingerprint density at radius 3 is 2.46 bits per heavy atom. The maximum Gasteiger partial charge on any atom is 0.191 e. The van der Waals surface area contributed by atoms with Gasteiger partial charge in [-0.25, -0.2) is 8.78 Å². The van der Waals surface area contributed by atoms with Gasteiger partial charge in [0.05, 0.1) is 7.11 Å². The van der Waals surface area contributed by atoms with Crippen molar-refractivity contribution < 1.29 is 13.5 Å². The highest BCUT2D eigenvalue weighted by Crippen LogP contribution is 2.22. The largest absolute Gasteiger partial charge is 0.496 e. The van der Waals surface area contributed by atoms with Crippen LogP contribution < -0.4 is 15.4 Å². The van der Waals surface area contributed by atoms with Gasteiger partial charge in [0, 0.05) is 36.3 Å². The quantitative estimate of drug-likeness (QED) is 0.639. The van der Waals surface area contributed by atoms with Gasteiger partial charge in [0.1, 0.15) is 17.4 Å². The predicted molar refractivity (Wildman–Crippen MR) is 91.4 cm³/mol. The first-order valence-electron chi connectivity index (χ1n) is 7.24. The number of ether oxygens (including phenoxy) is 1. The van der Waals surface area contributed by atoms with Crippen LogP contribution >= 0.6 is 11.6 Å². The van der Waals surface area contributed by atoms with Crippen LogP contribution in [-0.2, 0) is 13.1 Å². The first kappa shape index (κ1) is 18.0. The van der Waals surface area contributed by atoms with Crippen LogP contribution in [0.2, 0.25) is 5.02 Å². The SMILES string of the molecule is CN=C(NCc1cc(F)ccc1F)NCc1ccc(Cl)cc1OC. The summed E-state index contributed by atoms with van der Waals surface area (Å²) in [4.78, 5) is 4.05. The molecule has 0 amide bonds. The van der Waals surface area contributed by atoms with Crippen molar-refractivity contribution in [2.45, 2.75) is 13.1 Å². The van der Waals surface area contributed by atoms with E-state index >= 15 is 0 Å². The molecule has 0 bridgehead atoms. The van der Waals surface area contributed by atoms with Crippen LogP contribution in [0.4, 0.5) is 8.78 Å². The van der Waals surface area contributed by atoms with Crippen molar-refractivity contribution in [3.63, 3.8) is 0 Å². The zero-order valence-electron chi connectivity index (χ0n) is 13.4. The van der Waals surface area contributed by atoms with Crippen LogP contribution in [0.5, 0.6) is 5.75 Å². The average Bonchev–Trinajstić information content (AvgIpc) is 2.58. The number of benzene rings is 2. The number of rotatable bonds is 5. The molecule has 2 aromatic carbocycles. The van der Waals surface area contributed by atoms with Gasteiger partial charge in [-0.2, -0.15) is 0 Å². The molecule has 0 aliphatic heterocycles. The Balaban J connectivity index is 1.97. The topological polar surface area (TPSA) is 45.7 Å². The van der Waals surface area contributed by atoms with Gasteiger partial charge in [-0.3, -0.25) is 4.99 Å². The van der Waals surface area contributed by atoms with Crippen LogP contribution in [0.3, 0.4) is 0 Å². The zero-order valence-corrected chi connectivity index (χ0v) is 14.1. The van der Waals surface area contributed by atoms with Gasteiger partial charge in [0.15, 0.2) is 5.96 Å². The van der Waals surface area contributed by atoms with Crippen molar-refractivity contribution in [2.24, 2.45) is 4.99 Å². The molecular weight excluding hydrogens is 336 g/mol.